The Kier molecular flexibility index (Phi) is 5.73. The van der Waals surface area contributed by atoms with Gasteiger partial charge in [-0.3, -0.25) is 4.90 Å². The molecule has 1 aliphatic carbocycles. The van der Waals surface area contributed by atoms with Gasteiger partial charge in [-0.05, 0) is 37.6 Å². The van der Waals surface area contributed by atoms with E-state index in [1.165, 1.54) is 19.3 Å². The van der Waals surface area contributed by atoms with Gasteiger partial charge in [-0.15, -0.1) is 0 Å². The minimum Gasteiger partial charge on any atom is -0.396 e. The fourth-order valence-electron chi connectivity index (χ4n) is 2.23. The van der Waals surface area contributed by atoms with E-state index in [1.54, 1.807) is 0 Å². The number of hydrogen-bond acceptors (Lipinski definition) is 3. The van der Waals surface area contributed by atoms with E-state index in [9.17, 15) is 0 Å². The molecular weight excluding hydrogens is 200 g/mol. The smallest absolute Gasteiger partial charge is 0.0443 e. The van der Waals surface area contributed by atoms with Gasteiger partial charge in [0.2, 0.25) is 0 Å². The zero-order chi connectivity index (χ0) is 12.0. The molecule has 0 saturated heterocycles. The summed E-state index contributed by atoms with van der Waals surface area (Å²) in [6.45, 7) is 7.66. The minimum atomic E-state index is 0.241. The van der Waals surface area contributed by atoms with Crippen molar-refractivity contribution in [2.75, 3.05) is 26.2 Å². The Labute approximate surface area is 100 Å². The minimum absolute atomic E-state index is 0.241. The van der Waals surface area contributed by atoms with Crippen molar-refractivity contribution in [3.05, 3.63) is 0 Å². The molecule has 1 atom stereocenters. The average molecular weight is 228 g/mol. The molecule has 0 amide bonds. The third-order valence-electron chi connectivity index (χ3n) is 4.13. The lowest BCUT2D eigenvalue weighted by Crippen LogP contribution is -2.48. The highest BCUT2D eigenvalue weighted by Gasteiger charge is 2.30. The quantitative estimate of drug-likeness (QED) is 0.663. The van der Waals surface area contributed by atoms with Gasteiger partial charge in [-0.25, -0.2) is 0 Å². The number of hydrogen-bond donors (Lipinski definition) is 2. The second kappa shape index (κ2) is 6.58. The lowest BCUT2D eigenvalue weighted by Gasteiger charge is -2.42. The first-order chi connectivity index (χ1) is 7.65. The van der Waals surface area contributed by atoms with E-state index in [2.05, 4.69) is 18.7 Å². The maximum atomic E-state index is 8.95. The molecule has 0 aromatic rings. The number of nitrogens with zero attached hydrogens (tertiary/aromatic N) is 1. The van der Waals surface area contributed by atoms with Gasteiger partial charge in [0.1, 0.15) is 0 Å². The van der Waals surface area contributed by atoms with Crippen LogP contribution in [0.2, 0.25) is 0 Å². The van der Waals surface area contributed by atoms with Crippen LogP contribution in [-0.4, -0.2) is 42.3 Å². The first-order valence-corrected chi connectivity index (χ1v) is 6.70. The molecule has 1 fully saturated rings. The highest BCUT2D eigenvalue weighted by atomic mass is 16.3. The van der Waals surface area contributed by atoms with Gasteiger partial charge in [-0.1, -0.05) is 20.3 Å². The van der Waals surface area contributed by atoms with E-state index in [4.69, 9.17) is 10.8 Å². The van der Waals surface area contributed by atoms with Crippen LogP contribution in [0.25, 0.3) is 0 Å². The average Bonchev–Trinajstić information content (AvgIpc) is 2.23. The Morgan fingerprint density at radius 2 is 2.12 bits per heavy atom. The molecule has 0 aromatic heterocycles. The normalized spacial score (nSPS) is 20.8. The maximum absolute atomic E-state index is 8.95. The summed E-state index contributed by atoms with van der Waals surface area (Å²) >= 11 is 0. The number of rotatable bonds is 8. The van der Waals surface area contributed by atoms with Crippen molar-refractivity contribution in [2.24, 2.45) is 11.1 Å². The van der Waals surface area contributed by atoms with Crippen LogP contribution in [0.15, 0.2) is 0 Å². The third kappa shape index (κ3) is 3.72. The molecule has 1 saturated carbocycles. The van der Waals surface area contributed by atoms with Crippen LogP contribution in [0.3, 0.4) is 0 Å². The van der Waals surface area contributed by atoms with Crippen LogP contribution in [0.5, 0.6) is 0 Å². The molecule has 1 rings (SSSR count). The van der Waals surface area contributed by atoms with Crippen LogP contribution in [0.4, 0.5) is 0 Å². The molecule has 16 heavy (non-hydrogen) atoms. The summed E-state index contributed by atoms with van der Waals surface area (Å²) < 4.78 is 0. The lowest BCUT2D eigenvalue weighted by molar-refractivity contribution is 0.0700. The molecule has 1 aliphatic rings. The molecule has 0 aliphatic heterocycles. The fraction of sp³-hybridized carbons (Fsp3) is 1.00. The number of nitrogens with two attached hydrogens (primary N) is 1. The fourth-order valence-corrected chi connectivity index (χ4v) is 2.23. The summed E-state index contributed by atoms with van der Waals surface area (Å²) in [5.41, 5.74) is 6.12. The van der Waals surface area contributed by atoms with E-state index in [0.29, 0.717) is 6.61 Å². The topological polar surface area (TPSA) is 49.5 Å². The van der Waals surface area contributed by atoms with Crippen molar-refractivity contribution in [3.63, 3.8) is 0 Å². The van der Waals surface area contributed by atoms with Crippen LogP contribution in [0, 0.1) is 5.41 Å². The van der Waals surface area contributed by atoms with Crippen molar-refractivity contribution in [1.29, 1.82) is 0 Å². The molecule has 0 spiro atoms. The van der Waals surface area contributed by atoms with Crippen LogP contribution in [-0.2, 0) is 0 Å². The van der Waals surface area contributed by atoms with Gasteiger partial charge in [0.25, 0.3) is 0 Å². The molecule has 0 aromatic carbocycles. The predicted molar refractivity (Wildman–Crippen MR) is 68.4 cm³/mol. The summed E-state index contributed by atoms with van der Waals surface area (Å²) in [7, 11) is 0. The molecule has 1 unspecified atom stereocenters. The number of aliphatic hydroxyl groups is 1. The van der Waals surface area contributed by atoms with Gasteiger partial charge in [0.05, 0.1) is 0 Å². The summed E-state index contributed by atoms with van der Waals surface area (Å²) in [4.78, 5) is 2.55. The lowest BCUT2D eigenvalue weighted by atomic mass is 9.84. The predicted octanol–water partition coefficient (Wildman–Crippen LogP) is 1.60. The first kappa shape index (κ1) is 13.9. The van der Waals surface area contributed by atoms with E-state index in [-0.39, 0.29) is 5.41 Å². The van der Waals surface area contributed by atoms with Crippen molar-refractivity contribution in [2.45, 2.75) is 52.0 Å². The van der Waals surface area contributed by atoms with Crippen molar-refractivity contribution in [3.8, 4) is 0 Å². The Morgan fingerprint density at radius 3 is 2.50 bits per heavy atom. The van der Waals surface area contributed by atoms with Gasteiger partial charge >= 0.3 is 0 Å². The van der Waals surface area contributed by atoms with Gasteiger partial charge in [0.15, 0.2) is 0 Å². The Bertz CT molecular complexity index is 188. The Balaban J connectivity index is 2.47. The zero-order valence-corrected chi connectivity index (χ0v) is 10.9. The Hall–Kier alpha value is -0.120. The first-order valence-electron chi connectivity index (χ1n) is 6.70. The molecule has 3 heteroatoms. The van der Waals surface area contributed by atoms with Gasteiger partial charge < -0.3 is 10.8 Å². The van der Waals surface area contributed by atoms with Crippen molar-refractivity contribution >= 4 is 0 Å². The molecular formula is C13H28N2O. The molecule has 96 valence electrons. The third-order valence-corrected chi connectivity index (χ3v) is 4.13. The SMILES string of the molecule is CCC(C)(CN)CN(CCCO)C1CCC1. The van der Waals surface area contributed by atoms with Crippen LogP contribution in [0.1, 0.15) is 46.0 Å². The van der Waals surface area contributed by atoms with E-state index in [1.807, 2.05) is 0 Å². The van der Waals surface area contributed by atoms with E-state index >= 15 is 0 Å². The molecule has 3 nitrogen and oxygen atoms in total. The summed E-state index contributed by atoms with van der Waals surface area (Å²) in [6, 6.07) is 0.754. The van der Waals surface area contributed by atoms with E-state index in [0.717, 1.165) is 38.5 Å². The largest absolute Gasteiger partial charge is 0.396 e. The zero-order valence-electron chi connectivity index (χ0n) is 10.9. The van der Waals surface area contributed by atoms with Crippen LogP contribution >= 0.6 is 0 Å². The highest BCUT2D eigenvalue weighted by Crippen LogP contribution is 2.29. The van der Waals surface area contributed by atoms with Gasteiger partial charge in [-0.2, -0.15) is 0 Å². The summed E-state index contributed by atoms with van der Waals surface area (Å²) in [5.74, 6) is 0. The van der Waals surface area contributed by atoms with Crippen LogP contribution < -0.4 is 5.73 Å². The van der Waals surface area contributed by atoms with Gasteiger partial charge in [0, 0.05) is 25.7 Å². The van der Waals surface area contributed by atoms with Crippen molar-refractivity contribution in [1.82, 2.24) is 4.90 Å². The second-order valence-electron chi connectivity index (χ2n) is 5.50. The van der Waals surface area contributed by atoms with E-state index < -0.39 is 0 Å². The highest BCUT2D eigenvalue weighted by molar-refractivity contribution is 4.85. The Morgan fingerprint density at radius 1 is 1.44 bits per heavy atom. The second-order valence-corrected chi connectivity index (χ2v) is 5.50. The summed E-state index contributed by atoms with van der Waals surface area (Å²) in [5, 5.41) is 8.95. The molecule has 0 radical (unpaired) electrons. The number of aliphatic hydroxyl groups excluding tert-OH is 1. The monoisotopic (exact) mass is 228 g/mol. The van der Waals surface area contributed by atoms with Crippen molar-refractivity contribution < 1.29 is 5.11 Å². The standard InChI is InChI=1S/C13H28N2O/c1-3-13(2,10-14)11-15(8-5-9-16)12-6-4-7-12/h12,16H,3-11,14H2,1-2H3. The molecule has 0 heterocycles. The summed E-state index contributed by atoms with van der Waals surface area (Å²) in [6.07, 6.45) is 6.05. The molecule has 3 N–H and O–H groups in total. The molecule has 0 bridgehead atoms. The maximum Gasteiger partial charge on any atom is 0.0443 e.